The van der Waals surface area contributed by atoms with Gasteiger partial charge in [0.15, 0.2) is 0 Å². The molecule has 1 amide bonds. The first kappa shape index (κ1) is 16.7. The van der Waals surface area contributed by atoms with Gasteiger partial charge in [0.05, 0.1) is 16.4 Å². The Labute approximate surface area is 159 Å². The molecule has 0 aliphatic carbocycles. The van der Waals surface area contributed by atoms with Crippen molar-refractivity contribution in [1.29, 1.82) is 0 Å². The molecule has 0 radical (unpaired) electrons. The van der Waals surface area contributed by atoms with Crippen LogP contribution in [0.5, 0.6) is 5.75 Å². The highest BCUT2D eigenvalue weighted by atomic mass is 79.9. The number of nitrogens with zero attached hydrogens (tertiary/aromatic N) is 1. The maximum atomic E-state index is 12.0. The number of carbonyl (C=O) groups is 1. The number of phenolic OH excluding ortho intramolecular Hbond substituents is 1. The lowest BCUT2D eigenvalue weighted by Crippen LogP contribution is -2.11. The summed E-state index contributed by atoms with van der Waals surface area (Å²) in [5.41, 5.74) is 9.83. The number of aromatic hydroxyl groups is 1. The number of nitrogens with two attached hydrogens (primary N) is 1. The number of hydrogen-bond donors (Lipinski definition) is 2. The summed E-state index contributed by atoms with van der Waals surface area (Å²) in [7, 11) is 0. The first-order chi connectivity index (χ1) is 12.5. The van der Waals surface area contributed by atoms with Crippen LogP contribution in [0.3, 0.4) is 0 Å². The summed E-state index contributed by atoms with van der Waals surface area (Å²) >= 11 is 3.51. The summed E-state index contributed by atoms with van der Waals surface area (Å²) in [6, 6.07) is 17.3. The van der Waals surface area contributed by atoms with E-state index in [1.54, 1.807) is 12.1 Å². The fraction of sp³-hybridized carbons (Fsp3) is 0.0952. The van der Waals surface area contributed by atoms with Gasteiger partial charge in [-0.1, -0.05) is 34.1 Å². The second-order valence-electron chi connectivity index (χ2n) is 6.46. The molecule has 0 saturated carbocycles. The van der Waals surface area contributed by atoms with Crippen molar-refractivity contribution in [3.8, 4) is 5.75 Å². The molecule has 26 heavy (non-hydrogen) atoms. The van der Waals surface area contributed by atoms with E-state index in [4.69, 9.17) is 5.73 Å². The first-order valence-corrected chi connectivity index (χ1v) is 9.04. The zero-order valence-corrected chi connectivity index (χ0v) is 15.7. The van der Waals surface area contributed by atoms with Crippen LogP contribution in [0.1, 0.15) is 21.5 Å². The van der Waals surface area contributed by atoms with E-state index in [-0.39, 0.29) is 5.75 Å². The number of halogens is 1. The lowest BCUT2D eigenvalue weighted by Gasteiger charge is -2.09. The zero-order valence-electron chi connectivity index (χ0n) is 14.2. The molecule has 3 aromatic carbocycles. The highest BCUT2D eigenvalue weighted by Crippen LogP contribution is 2.38. The maximum absolute atomic E-state index is 12.0. The van der Waals surface area contributed by atoms with Crippen molar-refractivity contribution >= 4 is 43.6 Å². The van der Waals surface area contributed by atoms with Crippen LogP contribution < -0.4 is 5.73 Å². The van der Waals surface area contributed by atoms with Crippen molar-refractivity contribution < 1.29 is 9.90 Å². The third-order valence-corrected chi connectivity index (χ3v) is 5.10. The highest BCUT2D eigenvalue weighted by Gasteiger charge is 2.19. The molecule has 0 atom stereocenters. The summed E-state index contributed by atoms with van der Waals surface area (Å²) in [5, 5.41) is 12.0. The fourth-order valence-electron chi connectivity index (χ4n) is 3.57. The van der Waals surface area contributed by atoms with Gasteiger partial charge in [-0.3, -0.25) is 4.79 Å². The van der Waals surface area contributed by atoms with Crippen LogP contribution in [0.4, 0.5) is 0 Å². The quantitative estimate of drug-likeness (QED) is 0.514. The molecule has 0 unspecified atom stereocenters. The van der Waals surface area contributed by atoms with E-state index in [0.717, 1.165) is 26.6 Å². The number of benzene rings is 3. The topological polar surface area (TPSA) is 68.2 Å². The second kappa shape index (κ2) is 6.18. The monoisotopic (exact) mass is 408 g/mol. The minimum Gasteiger partial charge on any atom is -0.507 e. The maximum Gasteiger partial charge on any atom is 0.249 e. The van der Waals surface area contributed by atoms with Gasteiger partial charge in [0.2, 0.25) is 5.91 Å². The molecule has 130 valence electrons. The Morgan fingerprint density at radius 3 is 2.58 bits per heavy atom. The van der Waals surface area contributed by atoms with Gasteiger partial charge in [-0.25, -0.2) is 0 Å². The van der Waals surface area contributed by atoms with Gasteiger partial charge in [-0.15, -0.1) is 0 Å². The summed E-state index contributed by atoms with van der Waals surface area (Å²) < 4.78 is 3.12. The van der Waals surface area contributed by atoms with Crippen molar-refractivity contribution in [2.75, 3.05) is 0 Å². The summed E-state index contributed by atoms with van der Waals surface area (Å²) in [6.45, 7) is 2.56. The van der Waals surface area contributed by atoms with E-state index in [1.165, 1.54) is 0 Å². The Morgan fingerprint density at radius 1 is 1.08 bits per heavy atom. The van der Waals surface area contributed by atoms with Crippen LogP contribution in [0, 0.1) is 6.92 Å². The average molecular weight is 409 g/mol. The van der Waals surface area contributed by atoms with E-state index in [1.807, 2.05) is 37.3 Å². The summed E-state index contributed by atoms with van der Waals surface area (Å²) in [5.74, 6) is -0.344. The van der Waals surface area contributed by atoms with Gasteiger partial charge in [-0.2, -0.15) is 0 Å². The van der Waals surface area contributed by atoms with Gasteiger partial charge in [0.1, 0.15) is 5.75 Å². The van der Waals surface area contributed by atoms with Crippen LogP contribution in [-0.2, 0) is 6.54 Å². The Bertz CT molecular complexity index is 1180. The van der Waals surface area contributed by atoms with Crippen LogP contribution in [0.2, 0.25) is 0 Å². The molecule has 1 aromatic heterocycles. The van der Waals surface area contributed by atoms with Gasteiger partial charge < -0.3 is 15.4 Å². The van der Waals surface area contributed by atoms with Crippen molar-refractivity contribution in [1.82, 2.24) is 4.57 Å². The lowest BCUT2D eigenvalue weighted by molar-refractivity contribution is 0.100. The largest absolute Gasteiger partial charge is 0.507 e. The summed E-state index contributed by atoms with van der Waals surface area (Å²) in [6.07, 6.45) is 0. The number of primary amides is 1. The normalized spacial score (nSPS) is 11.3. The molecular formula is C21H17BrN2O2. The van der Waals surface area contributed by atoms with Gasteiger partial charge in [-0.05, 0) is 54.4 Å². The number of hydrogen-bond acceptors (Lipinski definition) is 2. The molecule has 0 aliphatic heterocycles. The molecule has 4 nitrogen and oxygen atoms in total. The van der Waals surface area contributed by atoms with Crippen LogP contribution in [0.25, 0.3) is 21.8 Å². The second-order valence-corrected chi connectivity index (χ2v) is 7.37. The summed E-state index contributed by atoms with van der Waals surface area (Å²) in [4.78, 5) is 12.0. The molecule has 0 saturated heterocycles. The van der Waals surface area contributed by atoms with Crippen LogP contribution >= 0.6 is 15.9 Å². The Morgan fingerprint density at radius 2 is 1.85 bits per heavy atom. The fourth-order valence-corrected chi connectivity index (χ4v) is 4.02. The molecule has 0 aliphatic rings. The van der Waals surface area contributed by atoms with E-state index in [0.29, 0.717) is 22.9 Å². The number of aromatic nitrogens is 1. The molecule has 1 heterocycles. The minimum atomic E-state index is -0.503. The van der Waals surface area contributed by atoms with Crippen molar-refractivity contribution in [2.45, 2.75) is 13.5 Å². The molecule has 0 fully saturated rings. The number of rotatable bonds is 3. The van der Waals surface area contributed by atoms with Crippen molar-refractivity contribution in [2.24, 2.45) is 5.73 Å². The predicted molar refractivity (Wildman–Crippen MR) is 108 cm³/mol. The Kier molecular flexibility index (Phi) is 3.96. The zero-order chi connectivity index (χ0) is 18.4. The molecule has 4 rings (SSSR count). The third kappa shape index (κ3) is 2.65. The molecular weight excluding hydrogens is 392 g/mol. The van der Waals surface area contributed by atoms with Crippen LogP contribution in [-0.4, -0.2) is 15.6 Å². The van der Waals surface area contributed by atoms with Gasteiger partial charge in [0.25, 0.3) is 0 Å². The Hall–Kier alpha value is -2.79. The Balaban J connectivity index is 2.10. The van der Waals surface area contributed by atoms with Gasteiger partial charge >= 0.3 is 0 Å². The molecule has 3 N–H and O–H groups in total. The standard InChI is InChI=1S/C21H17BrN2O2/c1-12-8-17-20(18(25)9-12)19-15(21(23)26)6-3-7-16(19)24(17)11-13-4-2-5-14(22)10-13/h2-10,25H,11H2,1H3,(H2,23,26). The van der Waals surface area contributed by atoms with Crippen molar-refractivity contribution in [3.63, 3.8) is 0 Å². The average Bonchev–Trinajstić information content (AvgIpc) is 2.89. The van der Waals surface area contributed by atoms with Gasteiger partial charge in [0, 0.05) is 22.0 Å². The molecule has 5 heteroatoms. The number of aryl methyl sites for hydroxylation is 1. The smallest absolute Gasteiger partial charge is 0.249 e. The first-order valence-electron chi connectivity index (χ1n) is 8.24. The highest BCUT2D eigenvalue weighted by molar-refractivity contribution is 9.10. The lowest BCUT2D eigenvalue weighted by atomic mass is 10.0. The number of amides is 1. The molecule has 0 spiro atoms. The van der Waals surface area contributed by atoms with Crippen LogP contribution in [0.15, 0.2) is 59.1 Å². The molecule has 0 bridgehead atoms. The van der Waals surface area contributed by atoms with Crippen molar-refractivity contribution in [3.05, 3.63) is 75.8 Å². The SMILES string of the molecule is Cc1cc(O)c2c3c(C(N)=O)cccc3n(Cc3cccc(Br)c3)c2c1. The number of phenols is 1. The molecule has 4 aromatic rings. The number of fused-ring (bicyclic) bond motifs is 3. The third-order valence-electron chi connectivity index (χ3n) is 4.61. The van der Waals surface area contributed by atoms with E-state index in [2.05, 4.69) is 32.6 Å². The van der Waals surface area contributed by atoms with E-state index >= 15 is 0 Å². The van der Waals surface area contributed by atoms with E-state index in [9.17, 15) is 9.90 Å². The number of carbonyl (C=O) groups excluding carboxylic acids is 1. The van der Waals surface area contributed by atoms with E-state index < -0.39 is 5.91 Å². The minimum absolute atomic E-state index is 0.159. The predicted octanol–water partition coefficient (Wildman–Crippen LogP) is 4.72.